The predicted molar refractivity (Wildman–Crippen MR) is 54.9 cm³/mol. The van der Waals surface area contributed by atoms with Gasteiger partial charge < -0.3 is 5.11 Å². The molecule has 0 amide bonds. The van der Waals surface area contributed by atoms with Gasteiger partial charge >= 0.3 is 0 Å². The Bertz CT molecular complexity index is 313. The smallest absolute Gasteiger partial charge is 0.0689 e. The van der Waals surface area contributed by atoms with Gasteiger partial charge in [0.1, 0.15) is 0 Å². The highest BCUT2D eigenvalue weighted by Crippen LogP contribution is 2.37. The van der Waals surface area contributed by atoms with Crippen LogP contribution < -0.4 is 0 Å². The van der Waals surface area contributed by atoms with Crippen molar-refractivity contribution >= 4 is 0 Å². The average molecular weight is 194 g/mol. The largest absolute Gasteiger partial charge is 0.390 e. The molecule has 2 rings (SSSR count). The SMILES string of the molecule is Cn1cc(CC(C)(O)C2CCC2)cn1. The van der Waals surface area contributed by atoms with E-state index in [0.29, 0.717) is 5.92 Å². The van der Waals surface area contributed by atoms with Gasteiger partial charge in [0.2, 0.25) is 0 Å². The Morgan fingerprint density at radius 3 is 2.79 bits per heavy atom. The summed E-state index contributed by atoms with van der Waals surface area (Å²) in [6.45, 7) is 1.95. The average Bonchev–Trinajstić information content (AvgIpc) is 2.28. The van der Waals surface area contributed by atoms with Crippen molar-refractivity contribution in [1.29, 1.82) is 0 Å². The van der Waals surface area contributed by atoms with Crippen LogP contribution >= 0.6 is 0 Å². The molecule has 1 unspecified atom stereocenters. The van der Waals surface area contributed by atoms with Crippen LogP contribution in [0.15, 0.2) is 12.4 Å². The number of hydrogen-bond acceptors (Lipinski definition) is 2. The molecular formula is C11H18N2O. The van der Waals surface area contributed by atoms with Crippen LogP contribution in [0.1, 0.15) is 31.7 Å². The summed E-state index contributed by atoms with van der Waals surface area (Å²) in [4.78, 5) is 0. The van der Waals surface area contributed by atoms with E-state index in [9.17, 15) is 5.11 Å². The summed E-state index contributed by atoms with van der Waals surface area (Å²) < 4.78 is 1.78. The van der Waals surface area contributed by atoms with Crippen molar-refractivity contribution < 1.29 is 5.11 Å². The molecule has 14 heavy (non-hydrogen) atoms. The molecule has 1 aliphatic rings. The van der Waals surface area contributed by atoms with E-state index in [1.165, 1.54) is 19.3 Å². The second kappa shape index (κ2) is 3.39. The number of rotatable bonds is 3. The molecular weight excluding hydrogens is 176 g/mol. The van der Waals surface area contributed by atoms with Crippen molar-refractivity contribution in [2.45, 2.75) is 38.2 Å². The van der Waals surface area contributed by atoms with Gasteiger partial charge in [-0.15, -0.1) is 0 Å². The van der Waals surface area contributed by atoms with E-state index in [0.717, 1.165) is 12.0 Å². The van der Waals surface area contributed by atoms with Crippen LogP contribution in [0.3, 0.4) is 0 Å². The predicted octanol–water partition coefficient (Wildman–Crippen LogP) is 1.51. The quantitative estimate of drug-likeness (QED) is 0.792. The fourth-order valence-electron chi connectivity index (χ4n) is 2.15. The van der Waals surface area contributed by atoms with E-state index in [2.05, 4.69) is 5.10 Å². The summed E-state index contributed by atoms with van der Waals surface area (Å²) >= 11 is 0. The van der Waals surface area contributed by atoms with E-state index >= 15 is 0 Å². The van der Waals surface area contributed by atoms with Crippen LogP contribution in [0, 0.1) is 5.92 Å². The molecule has 78 valence electrons. The third kappa shape index (κ3) is 1.82. The van der Waals surface area contributed by atoms with Crippen LogP contribution in [-0.2, 0) is 13.5 Å². The maximum Gasteiger partial charge on any atom is 0.0689 e. The summed E-state index contributed by atoms with van der Waals surface area (Å²) in [5, 5.41) is 14.4. The van der Waals surface area contributed by atoms with Gasteiger partial charge in [0.05, 0.1) is 11.8 Å². The van der Waals surface area contributed by atoms with E-state index in [1.54, 1.807) is 4.68 Å². The maximum atomic E-state index is 10.3. The molecule has 1 saturated carbocycles. The van der Waals surface area contributed by atoms with Crippen molar-refractivity contribution in [2.75, 3.05) is 0 Å². The Kier molecular flexibility index (Phi) is 2.35. The molecule has 0 saturated heterocycles. The van der Waals surface area contributed by atoms with Gasteiger partial charge in [-0.2, -0.15) is 5.10 Å². The molecule has 0 bridgehead atoms. The van der Waals surface area contributed by atoms with E-state index in [-0.39, 0.29) is 0 Å². The number of hydrogen-bond donors (Lipinski definition) is 1. The second-order valence-corrected chi connectivity index (χ2v) is 4.68. The first kappa shape index (κ1) is 9.71. The lowest BCUT2D eigenvalue weighted by Gasteiger charge is -2.38. The van der Waals surface area contributed by atoms with Gasteiger partial charge in [0, 0.05) is 19.7 Å². The van der Waals surface area contributed by atoms with Crippen LogP contribution in [0.25, 0.3) is 0 Å². The minimum absolute atomic E-state index is 0.489. The molecule has 0 radical (unpaired) electrons. The molecule has 1 aliphatic carbocycles. The molecule has 3 nitrogen and oxygen atoms in total. The third-order valence-corrected chi connectivity index (χ3v) is 3.31. The lowest BCUT2D eigenvalue weighted by molar-refractivity contribution is -0.0339. The minimum atomic E-state index is -0.540. The van der Waals surface area contributed by atoms with Crippen LogP contribution in [0.4, 0.5) is 0 Å². The number of nitrogens with zero attached hydrogens (tertiary/aromatic N) is 2. The van der Waals surface area contributed by atoms with Crippen LogP contribution in [0.5, 0.6) is 0 Å². The Hall–Kier alpha value is -0.830. The van der Waals surface area contributed by atoms with Gasteiger partial charge in [-0.1, -0.05) is 6.42 Å². The van der Waals surface area contributed by atoms with E-state index in [1.807, 2.05) is 26.4 Å². The van der Waals surface area contributed by atoms with Crippen molar-refractivity contribution in [3.63, 3.8) is 0 Å². The lowest BCUT2D eigenvalue weighted by Crippen LogP contribution is -2.40. The summed E-state index contributed by atoms with van der Waals surface area (Å²) in [7, 11) is 1.90. The number of aromatic nitrogens is 2. The van der Waals surface area contributed by atoms with Crippen molar-refractivity contribution in [3.05, 3.63) is 18.0 Å². The number of aryl methyl sites for hydroxylation is 1. The van der Waals surface area contributed by atoms with Crippen LogP contribution in [-0.4, -0.2) is 20.5 Å². The Labute approximate surface area is 84.7 Å². The van der Waals surface area contributed by atoms with Gasteiger partial charge in [-0.3, -0.25) is 4.68 Å². The van der Waals surface area contributed by atoms with Crippen LogP contribution in [0.2, 0.25) is 0 Å². The highest BCUT2D eigenvalue weighted by Gasteiger charge is 2.36. The van der Waals surface area contributed by atoms with Gasteiger partial charge in [-0.05, 0) is 31.2 Å². The molecule has 1 fully saturated rings. The molecule has 1 atom stereocenters. The minimum Gasteiger partial charge on any atom is -0.390 e. The topological polar surface area (TPSA) is 38.0 Å². The summed E-state index contributed by atoms with van der Waals surface area (Å²) in [5.74, 6) is 0.489. The molecule has 1 heterocycles. The molecule has 1 aromatic rings. The van der Waals surface area contributed by atoms with Crippen molar-refractivity contribution in [3.8, 4) is 0 Å². The van der Waals surface area contributed by atoms with Gasteiger partial charge in [0.15, 0.2) is 0 Å². The summed E-state index contributed by atoms with van der Waals surface area (Å²) in [6.07, 6.45) is 8.17. The molecule has 0 spiro atoms. The molecule has 1 aromatic heterocycles. The standard InChI is InChI=1S/C11H18N2O/c1-11(14,10-4-3-5-10)6-9-7-12-13(2)8-9/h7-8,10,14H,3-6H2,1-2H3. The van der Waals surface area contributed by atoms with Gasteiger partial charge in [-0.25, -0.2) is 0 Å². The Morgan fingerprint density at radius 2 is 2.36 bits per heavy atom. The molecule has 3 heteroatoms. The zero-order chi connectivity index (χ0) is 10.2. The number of aliphatic hydroxyl groups is 1. The van der Waals surface area contributed by atoms with E-state index in [4.69, 9.17) is 0 Å². The normalized spacial score (nSPS) is 21.6. The highest BCUT2D eigenvalue weighted by atomic mass is 16.3. The zero-order valence-electron chi connectivity index (χ0n) is 8.90. The zero-order valence-corrected chi connectivity index (χ0v) is 8.90. The second-order valence-electron chi connectivity index (χ2n) is 4.68. The lowest BCUT2D eigenvalue weighted by atomic mass is 9.71. The first-order chi connectivity index (χ1) is 6.58. The molecule has 0 aliphatic heterocycles. The molecule has 0 aromatic carbocycles. The van der Waals surface area contributed by atoms with Gasteiger partial charge in [0.25, 0.3) is 0 Å². The summed E-state index contributed by atoms with van der Waals surface area (Å²) in [5.41, 5.74) is 0.589. The molecule has 1 N–H and O–H groups in total. The Balaban J connectivity index is 2.01. The fourth-order valence-corrected chi connectivity index (χ4v) is 2.15. The van der Waals surface area contributed by atoms with Crippen molar-refractivity contribution in [1.82, 2.24) is 9.78 Å². The maximum absolute atomic E-state index is 10.3. The highest BCUT2D eigenvalue weighted by molar-refractivity contribution is 5.09. The van der Waals surface area contributed by atoms with Crippen molar-refractivity contribution in [2.24, 2.45) is 13.0 Å². The van der Waals surface area contributed by atoms with E-state index < -0.39 is 5.60 Å². The summed E-state index contributed by atoms with van der Waals surface area (Å²) in [6, 6.07) is 0. The first-order valence-electron chi connectivity index (χ1n) is 5.28. The Morgan fingerprint density at radius 1 is 1.64 bits per heavy atom. The monoisotopic (exact) mass is 194 g/mol. The first-order valence-corrected chi connectivity index (χ1v) is 5.28. The fraction of sp³-hybridized carbons (Fsp3) is 0.727. The third-order valence-electron chi connectivity index (χ3n) is 3.31.